The summed E-state index contributed by atoms with van der Waals surface area (Å²) in [6.07, 6.45) is 2.17. The number of carbonyl (C=O) groups is 3. The van der Waals surface area contributed by atoms with Crippen molar-refractivity contribution in [3.63, 3.8) is 0 Å². The SMILES string of the molecule is Cc1ccc(C)c(NC(=O)C(=O)NCCCN2CCCC2=O)c1. The van der Waals surface area contributed by atoms with Gasteiger partial charge in [-0.05, 0) is 43.9 Å². The van der Waals surface area contributed by atoms with E-state index in [-0.39, 0.29) is 5.91 Å². The summed E-state index contributed by atoms with van der Waals surface area (Å²) in [5, 5.41) is 5.21. The van der Waals surface area contributed by atoms with Crippen LogP contribution in [0.15, 0.2) is 18.2 Å². The highest BCUT2D eigenvalue weighted by Crippen LogP contribution is 2.16. The van der Waals surface area contributed by atoms with Crippen LogP contribution in [0.3, 0.4) is 0 Å². The maximum Gasteiger partial charge on any atom is 0.313 e. The zero-order chi connectivity index (χ0) is 16.8. The molecule has 0 saturated carbocycles. The lowest BCUT2D eigenvalue weighted by Crippen LogP contribution is -2.37. The molecule has 6 heteroatoms. The van der Waals surface area contributed by atoms with E-state index in [4.69, 9.17) is 0 Å². The fourth-order valence-corrected chi connectivity index (χ4v) is 2.54. The van der Waals surface area contributed by atoms with Gasteiger partial charge in [0.2, 0.25) is 5.91 Å². The third-order valence-electron chi connectivity index (χ3n) is 3.91. The fourth-order valence-electron chi connectivity index (χ4n) is 2.54. The molecular formula is C17H23N3O3. The van der Waals surface area contributed by atoms with Crippen molar-refractivity contribution in [3.8, 4) is 0 Å². The molecule has 23 heavy (non-hydrogen) atoms. The van der Waals surface area contributed by atoms with Crippen LogP contribution in [0.25, 0.3) is 0 Å². The zero-order valence-electron chi connectivity index (χ0n) is 13.6. The number of nitrogens with one attached hydrogen (secondary N) is 2. The summed E-state index contributed by atoms with van der Waals surface area (Å²) in [5.74, 6) is -1.15. The number of carbonyl (C=O) groups excluding carboxylic acids is 3. The van der Waals surface area contributed by atoms with Gasteiger partial charge in [0, 0.05) is 31.7 Å². The van der Waals surface area contributed by atoms with Gasteiger partial charge in [-0.25, -0.2) is 0 Å². The number of aryl methyl sites for hydroxylation is 2. The van der Waals surface area contributed by atoms with Crippen molar-refractivity contribution < 1.29 is 14.4 Å². The fraction of sp³-hybridized carbons (Fsp3) is 0.471. The number of rotatable bonds is 5. The predicted molar refractivity (Wildman–Crippen MR) is 88.0 cm³/mol. The van der Waals surface area contributed by atoms with E-state index < -0.39 is 11.8 Å². The molecule has 1 saturated heterocycles. The molecule has 0 aliphatic carbocycles. The Balaban J connectivity index is 1.73. The summed E-state index contributed by atoms with van der Waals surface area (Å²) < 4.78 is 0. The Morgan fingerprint density at radius 2 is 2.00 bits per heavy atom. The number of benzene rings is 1. The molecule has 1 heterocycles. The van der Waals surface area contributed by atoms with Crippen LogP contribution in [0.2, 0.25) is 0 Å². The van der Waals surface area contributed by atoms with Gasteiger partial charge in [-0.2, -0.15) is 0 Å². The van der Waals surface area contributed by atoms with Gasteiger partial charge in [0.05, 0.1) is 0 Å². The maximum absolute atomic E-state index is 11.9. The Morgan fingerprint density at radius 1 is 1.22 bits per heavy atom. The Hall–Kier alpha value is -2.37. The van der Waals surface area contributed by atoms with Gasteiger partial charge < -0.3 is 15.5 Å². The first kappa shape index (κ1) is 17.0. The first-order valence-corrected chi connectivity index (χ1v) is 7.91. The summed E-state index contributed by atoms with van der Waals surface area (Å²) in [6.45, 7) is 5.59. The summed E-state index contributed by atoms with van der Waals surface area (Å²) in [7, 11) is 0. The Morgan fingerprint density at radius 3 is 2.70 bits per heavy atom. The van der Waals surface area contributed by atoms with Crippen molar-refractivity contribution in [2.45, 2.75) is 33.1 Å². The third kappa shape index (κ3) is 4.81. The van der Waals surface area contributed by atoms with E-state index in [2.05, 4.69) is 10.6 Å². The lowest BCUT2D eigenvalue weighted by Gasteiger charge is -2.15. The molecule has 0 radical (unpaired) electrons. The van der Waals surface area contributed by atoms with E-state index in [9.17, 15) is 14.4 Å². The Bertz CT molecular complexity index is 613. The zero-order valence-corrected chi connectivity index (χ0v) is 13.6. The summed E-state index contributed by atoms with van der Waals surface area (Å²) in [5.41, 5.74) is 2.57. The molecule has 0 spiro atoms. The molecule has 2 N–H and O–H groups in total. The minimum absolute atomic E-state index is 0.170. The van der Waals surface area contributed by atoms with Gasteiger partial charge >= 0.3 is 11.8 Å². The second-order valence-corrected chi connectivity index (χ2v) is 5.87. The van der Waals surface area contributed by atoms with Gasteiger partial charge in [-0.1, -0.05) is 12.1 Å². The van der Waals surface area contributed by atoms with Gasteiger partial charge in [-0.15, -0.1) is 0 Å². The molecule has 124 valence electrons. The number of likely N-dealkylation sites (tertiary alicyclic amines) is 1. The average molecular weight is 317 g/mol. The molecule has 6 nitrogen and oxygen atoms in total. The Kier molecular flexibility index (Phi) is 5.73. The van der Waals surface area contributed by atoms with E-state index in [1.165, 1.54) is 0 Å². The molecular weight excluding hydrogens is 294 g/mol. The minimum atomic E-state index is -0.670. The van der Waals surface area contributed by atoms with Crippen molar-refractivity contribution >= 4 is 23.4 Å². The second kappa shape index (κ2) is 7.76. The number of hydrogen-bond acceptors (Lipinski definition) is 3. The van der Waals surface area contributed by atoms with Crippen molar-refractivity contribution in [2.24, 2.45) is 0 Å². The van der Waals surface area contributed by atoms with Crippen LogP contribution in [-0.2, 0) is 14.4 Å². The number of amides is 3. The van der Waals surface area contributed by atoms with Crippen molar-refractivity contribution in [3.05, 3.63) is 29.3 Å². The molecule has 0 unspecified atom stereocenters. The largest absolute Gasteiger partial charge is 0.348 e. The van der Waals surface area contributed by atoms with Gasteiger partial charge in [0.15, 0.2) is 0 Å². The van der Waals surface area contributed by atoms with Gasteiger partial charge in [-0.3, -0.25) is 14.4 Å². The van der Waals surface area contributed by atoms with Crippen LogP contribution in [0.1, 0.15) is 30.4 Å². The van der Waals surface area contributed by atoms with Crippen LogP contribution < -0.4 is 10.6 Å². The van der Waals surface area contributed by atoms with E-state index in [0.717, 1.165) is 24.1 Å². The van der Waals surface area contributed by atoms with Crippen molar-refractivity contribution in [2.75, 3.05) is 25.0 Å². The summed E-state index contributed by atoms with van der Waals surface area (Å²) in [4.78, 5) is 36.9. The first-order chi connectivity index (χ1) is 11.0. The molecule has 1 aromatic rings. The molecule has 0 aromatic heterocycles. The molecule has 0 atom stereocenters. The number of nitrogens with zero attached hydrogens (tertiary/aromatic N) is 1. The third-order valence-corrected chi connectivity index (χ3v) is 3.91. The topological polar surface area (TPSA) is 78.5 Å². The van der Waals surface area contributed by atoms with Crippen molar-refractivity contribution in [1.82, 2.24) is 10.2 Å². The first-order valence-electron chi connectivity index (χ1n) is 7.91. The van der Waals surface area contributed by atoms with Crippen LogP contribution in [0, 0.1) is 13.8 Å². The summed E-state index contributed by atoms with van der Waals surface area (Å²) >= 11 is 0. The molecule has 1 aromatic carbocycles. The maximum atomic E-state index is 11.9. The molecule has 3 amide bonds. The molecule has 2 rings (SSSR count). The van der Waals surface area contributed by atoms with Crippen LogP contribution >= 0.6 is 0 Å². The average Bonchev–Trinajstić information content (AvgIpc) is 2.92. The molecule has 1 fully saturated rings. The van der Waals surface area contributed by atoms with Gasteiger partial charge in [0.25, 0.3) is 0 Å². The van der Waals surface area contributed by atoms with E-state index in [0.29, 0.717) is 31.6 Å². The smallest absolute Gasteiger partial charge is 0.313 e. The quantitative estimate of drug-likeness (QED) is 0.636. The van der Waals surface area contributed by atoms with E-state index in [1.807, 2.05) is 32.0 Å². The standard InChI is InChI=1S/C17H23N3O3/c1-12-6-7-13(2)14(11-12)19-17(23)16(22)18-8-4-10-20-9-3-5-15(20)21/h6-7,11H,3-5,8-10H2,1-2H3,(H,18,22)(H,19,23). The van der Waals surface area contributed by atoms with Crippen molar-refractivity contribution in [1.29, 1.82) is 0 Å². The predicted octanol–water partition coefficient (Wildman–Crippen LogP) is 1.37. The monoisotopic (exact) mass is 317 g/mol. The van der Waals surface area contributed by atoms with E-state index in [1.54, 1.807) is 4.90 Å². The van der Waals surface area contributed by atoms with E-state index >= 15 is 0 Å². The lowest BCUT2D eigenvalue weighted by atomic mass is 10.1. The second-order valence-electron chi connectivity index (χ2n) is 5.87. The number of anilines is 1. The highest BCUT2D eigenvalue weighted by Gasteiger charge is 2.19. The van der Waals surface area contributed by atoms with Crippen LogP contribution in [0.5, 0.6) is 0 Å². The van der Waals surface area contributed by atoms with Crippen LogP contribution in [-0.4, -0.2) is 42.3 Å². The highest BCUT2D eigenvalue weighted by molar-refractivity contribution is 6.39. The molecule has 1 aliphatic heterocycles. The van der Waals surface area contributed by atoms with Gasteiger partial charge in [0.1, 0.15) is 0 Å². The number of hydrogen-bond donors (Lipinski definition) is 2. The lowest BCUT2D eigenvalue weighted by molar-refractivity contribution is -0.136. The Labute approximate surface area is 136 Å². The minimum Gasteiger partial charge on any atom is -0.348 e. The molecule has 0 bridgehead atoms. The normalized spacial score (nSPS) is 14.0. The summed E-state index contributed by atoms with van der Waals surface area (Å²) in [6, 6.07) is 5.68. The van der Waals surface area contributed by atoms with Crippen LogP contribution in [0.4, 0.5) is 5.69 Å². The highest BCUT2D eigenvalue weighted by atomic mass is 16.2. The molecule has 1 aliphatic rings.